The molecule has 0 saturated carbocycles. The minimum atomic E-state index is -0.324. The molecule has 6 nitrogen and oxygen atoms in total. The highest BCUT2D eigenvalue weighted by atomic mass is 19.1. The molecular formula is C22H18FN3O3. The molecule has 0 fully saturated rings. The number of hydrogen-bond donors (Lipinski definition) is 2. The number of anilines is 1. The Labute approximate surface area is 166 Å². The van der Waals surface area contributed by atoms with Gasteiger partial charge in [0, 0.05) is 17.7 Å². The van der Waals surface area contributed by atoms with E-state index in [1.54, 1.807) is 0 Å². The lowest BCUT2D eigenvalue weighted by Gasteiger charge is -2.21. The summed E-state index contributed by atoms with van der Waals surface area (Å²) in [5.74, 6) is 2.37. The predicted molar refractivity (Wildman–Crippen MR) is 107 cm³/mol. The number of aromatic nitrogens is 2. The Morgan fingerprint density at radius 1 is 1.10 bits per heavy atom. The van der Waals surface area contributed by atoms with Gasteiger partial charge in [-0.25, -0.2) is 4.39 Å². The number of nitrogens with one attached hydrogen (secondary N) is 2. The maximum Gasteiger partial charge on any atom is 0.189 e. The van der Waals surface area contributed by atoms with Crippen LogP contribution in [0.2, 0.25) is 0 Å². The van der Waals surface area contributed by atoms with Crippen molar-refractivity contribution in [2.24, 2.45) is 0 Å². The van der Waals surface area contributed by atoms with Crippen LogP contribution in [0.15, 0.2) is 60.7 Å². The van der Waals surface area contributed by atoms with Crippen molar-refractivity contribution in [2.75, 3.05) is 12.1 Å². The van der Waals surface area contributed by atoms with Gasteiger partial charge in [0.15, 0.2) is 12.6 Å². The van der Waals surface area contributed by atoms with Gasteiger partial charge in [0.05, 0.1) is 17.5 Å². The number of para-hydroxylation sites is 1. The number of ether oxygens (including phenoxy) is 3. The minimum Gasteiger partial charge on any atom is -0.467 e. The van der Waals surface area contributed by atoms with Gasteiger partial charge in [0.1, 0.15) is 23.1 Å². The van der Waals surface area contributed by atoms with Gasteiger partial charge in [-0.2, -0.15) is 5.10 Å². The van der Waals surface area contributed by atoms with Gasteiger partial charge in [0.25, 0.3) is 0 Å². The third-order valence-corrected chi connectivity index (χ3v) is 4.72. The molecule has 0 spiro atoms. The lowest BCUT2D eigenvalue weighted by atomic mass is 10.1. The van der Waals surface area contributed by atoms with E-state index >= 15 is 0 Å². The first-order valence-corrected chi connectivity index (χ1v) is 9.23. The lowest BCUT2D eigenvalue weighted by Crippen LogP contribution is -2.15. The zero-order chi connectivity index (χ0) is 19.6. The number of rotatable bonds is 5. The summed E-state index contributed by atoms with van der Waals surface area (Å²) in [5, 5.41) is 11.5. The highest BCUT2D eigenvalue weighted by Gasteiger charge is 2.18. The Kier molecular flexibility index (Phi) is 4.50. The van der Waals surface area contributed by atoms with Crippen LogP contribution in [0.1, 0.15) is 11.1 Å². The van der Waals surface area contributed by atoms with Crippen molar-refractivity contribution in [2.45, 2.75) is 13.2 Å². The molecule has 1 aliphatic heterocycles. The van der Waals surface area contributed by atoms with Crippen LogP contribution >= 0.6 is 0 Å². The van der Waals surface area contributed by atoms with Crippen LogP contribution in [0.4, 0.5) is 10.2 Å². The van der Waals surface area contributed by atoms with E-state index in [0.29, 0.717) is 41.6 Å². The molecule has 0 saturated heterocycles. The Bertz CT molecular complexity index is 1160. The average Bonchev–Trinajstić information content (AvgIpc) is 3.17. The third-order valence-electron chi connectivity index (χ3n) is 4.72. The van der Waals surface area contributed by atoms with Crippen LogP contribution in [0.25, 0.3) is 10.9 Å². The molecule has 0 unspecified atom stereocenters. The van der Waals surface area contributed by atoms with E-state index in [1.807, 2.05) is 48.5 Å². The molecule has 146 valence electrons. The van der Waals surface area contributed by atoms with Crippen molar-refractivity contribution < 1.29 is 18.6 Å². The van der Waals surface area contributed by atoms with E-state index in [1.165, 1.54) is 12.1 Å². The van der Waals surface area contributed by atoms with Gasteiger partial charge in [-0.15, -0.1) is 0 Å². The van der Waals surface area contributed by atoms with Gasteiger partial charge in [-0.1, -0.05) is 24.3 Å². The van der Waals surface area contributed by atoms with E-state index in [2.05, 4.69) is 15.5 Å². The molecule has 4 aromatic rings. The number of nitrogens with zero attached hydrogens (tertiary/aromatic N) is 1. The van der Waals surface area contributed by atoms with Crippen LogP contribution in [-0.4, -0.2) is 17.0 Å². The zero-order valence-corrected chi connectivity index (χ0v) is 15.4. The maximum absolute atomic E-state index is 14.0. The van der Waals surface area contributed by atoms with E-state index in [-0.39, 0.29) is 12.6 Å². The van der Waals surface area contributed by atoms with E-state index < -0.39 is 0 Å². The maximum atomic E-state index is 14.0. The quantitative estimate of drug-likeness (QED) is 0.503. The standard InChI is InChI=1S/C22H18FN3O3/c23-16-9-14(21-15(10-16)12-27-13-28-21)11-24-22-20-18(25-26-22)7-4-8-19(20)29-17-5-2-1-3-6-17/h1-10H,11-13H2,(H2,24,25,26). The Morgan fingerprint density at radius 3 is 2.90 bits per heavy atom. The summed E-state index contributed by atoms with van der Waals surface area (Å²) >= 11 is 0. The molecule has 7 heteroatoms. The zero-order valence-electron chi connectivity index (χ0n) is 15.4. The number of aromatic amines is 1. The Morgan fingerprint density at radius 2 is 2.00 bits per heavy atom. The van der Waals surface area contributed by atoms with Gasteiger partial charge >= 0.3 is 0 Å². The average molecular weight is 391 g/mol. The molecule has 1 aliphatic rings. The molecule has 0 radical (unpaired) electrons. The monoisotopic (exact) mass is 391 g/mol. The fourth-order valence-corrected chi connectivity index (χ4v) is 3.44. The van der Waals surface area contributed by atoms with Gasteiger partial charge < -0.3 is 19.5 Å². The minimum absolute atomic E-state index is 0.159. The topological polar surface area (TPSA) is 68.4 Å². The summed E-state index contributed by atoms with van der Waals surface area (Å²) in [5.41, 5.74) is 2.25. The van der Waals surface area contributed by atoms with Gasteiger partial charge in [-0.05, 0) is 36.4 Å². The first-order chi connectivity index (χ1) is 14.3. The molecule has 0 amide bonds. The molecule has 0 aliphatic carbocycles. The van der Waals surface area contributed by atoms with Crippen molar-refractivity contribution in [3.63, 3.8) is 0 Å². The van der Waals surface area contributed by atoms with E-state index in [0.717, 1.165) is 16.7 Å². The number of benzene rings is 3. The first kappa shape index (κ1) is 17.5. The molecule has 5 rings (SSSR count). The molecule has 1 aromatic heterocycles. The molecule has 3 aromatic carbocycles. The number of H-pyrrole nitrogens is 1. The summed E-state index contributed by atoms with van der Waals surface area (Å²) in [4.78, 5) is 0. The number of fused-ring (bicyclic) bond motifs is 2. The predicted octanol–water partition coefficient (Wildman–Crippen LogP) is 4.97. The molecule has 2 N–H and O–H groups in total. The molecular weight excluding hydrogens is 373 g/mol. The highest BCUT2D eigenvalue weighted by Crippen LogP contribution is 2.35. The first-order valence-electron chi connectivity index (χ1n) is 9.23. The molecule has 2 heterocycles. The fourth-order valence-electron chi connectivity index (χ4n) is 3.44. The second kappa shape index (κ2) is 7.44. The van der Waals surface area contributed by atoms with Crippen molar-refractivity contribution in [1.82, 2.24) is 10.2 Å². The van der Waals surface area contributed by atoms with Crippen molar-refractivity contribution in [3.05, 3.63) is 77.6 Å². The van der Waals surface area contributed by atoms with Gasteiger partial charge in [0.2, 0.25) is 0 Å². The Hall–Kier alpha value is -3.58. The molecule has 29 heavy (non-hydrogen) atoms. The smallest absolute Gasteiger partial charge is 0.189 e. The second-order valence-corrected chi connectivity index (χ2v) is 6.68. The highest BCUT2D eigenvalue weighted by molar-refractivity contribution is 5.95. The van der Waals surface area contributed by atoms with Crippen LogP contribution in [0, 0.1) is 5.82 Å². The lowest BCUT2D eigenvalue weighted by molar-refractivity contribution is -0.0172. The van der Waals surface area contributed by atoms with Gasteiger partial charge in [-0.3, -0.25) is 5.10 Å². The normalized spacial score (nSPS) is 13.0. The fraction of sp³-hybridized carbons (Fsp3) is 0.136. The number of halogens is 1. The summed E-state index contributed by atoms with van der Waals surface area (Å²) < 4.78 is 30.9. The summed E-state index contributed by atoms with van der Waals surface area (Å²) in [7, 11) is 0. The molecule has 0 atom stereocenters. The van der Waals surface area contributed by atoms with E-state index in [9.17, 15) is 4.39 Å². The van der Waals surface area contributed by atoms with Crippen molar-refractivity contribution in [1.29, 1.82) is 0 Å². The summed E-state index contributed by atoms with van der Waals surface area (Å²) in [6.07, 6.45) is 0. The summed E-state index contributed by atoms with van der Waals surface area (Å²) in [6, 6.07) is 18.2. The molecule has 0 bridgehead atoms. The van der Waals surface area contributed by atoms with Crippen LogP contribution in [-0.2, 0) is 17.9 Å². The van der Waals surface area contributed by atoms with Crippen molar-refractivity contribution in [3.8, 4) is 17.2 Å². The van der Waals surface area contributed by atoms with Crippen molar-refractivity contribution >= 4 is 16.7 Å². The largest absolute Gasteiger partial charge is 0.467 e. The second-order valence-electron chi connectivity index (χ2n) is 6.68. The van der Waals surface area contributed by atoms with E-state index in [4.69, 9.17) is 14.2 Å². The SMILES string of the molecule is Fc1cc(CNc2n[nH]c3cccc(Oc4ccccc4)c23)c2c(c1)COCO2. The van der Waals surface area contributed by atoms with Crippen LogP contribution in [0.5, 0.6) is 17.2 Å². The van der Waals surface area contributed by atoms with Crippen LogP contribution in [0.3, 0.4) is 0 Å². The number of hydrogen-bond acceptors (Lipinski definition) is 5. The summed E-state index contributed by atoms with van der Waals surface area (Å²) in [6.45, 7) is 0.840. The van der Waals surface area contributed by atoms with Crippen LogP contribution < -0.4 is 14.8 Å². The Balaban J connectivity index is 1.45. The third kappa shape index (κ3) is 3.48.